The van der Waals surface area contributed by atoms with E-state index in [1.165, 1.54) is 29.2 Å². The second kappa shape index (κ2) is 6.16. The van der Waals surface area contributed by atoms with Crippen molar-refractivity contribution in [3.8, 4) is 0 Å². The molecule has 4 nitrogen and oxygen atoms in total. The van der Waals surface area contributed by atoms with Crippen LogP contribution in [0.15, 0.2) is 48.5 Å². The lowest BCUT2D eigenvalue weighted by atomic mass is 10.2. The first-order valence-corrected chi connectivity index (χ1v) is 6.19. The standard InChI is InChI=1S/C15H16FN3O/c1-19(14-8-2-11(10-17)3-9-14)15(20)18-13-6-4-12(16)5-7-13/h2-9H,10,17H2,1H3,(H,18,20). The highest BCUT2D eigenvalue weighted by atomic mass is 19.1. The molecule has 0 radical (unpaired) electrons. The van der Waals surface area contributed by atoms with Crippen LogP contribution in [0.3, 0.4) is 0 Å². The van der Waals surface area contributed by atoms with Crippen LogP contribution < -0.4 is 16.0 Å². The number of halogens is 1. The van der Waals surface area contributed by atoms with Crippen LogP contribution in [-0.4, -0.2) is 13.1 Å². The number of carbonyl (C=O) groups is 1. The monoisotopic (exact) mass is 273 g/mol. The van der Waals surface area contributed by atoms with Crippen molar-refractivity contribution in [1.82, 2.24) is 0 Å². The first-order valence-electron chi connectivity index (χ1n) is 6.19. The van der Waals surface area contributed by atoms with Gasteiger partial charge in [-0.3, -0.25) is 4.90 Å². The van der Waals surface area contributed by atoms with E-state index in [9.17, 15) is 9.18 Å². The molecule has 104 valence electrons. The molecule has 5 heteroatoms. The maximum absolute atomic E-state index is 12.8. The molecule has 0 aliphatic rings. The summed E-state index contributed by atoms with van der Waals surface area (Å²) >= 11 is 0. The van der Waals surface area contributed by atoms with Crippen molar-refractivity contribution < 1.29 is 9.18 Å². The van der Waals surface area contributed by atoms with Gasteiger partial charge in [-0.05, 0) is 42.0 Å². The Morgan fingerprint density at radius 1 is 1.15 bits per heavy atom. The zero-order valence-electron chi connectivity index (χ0n) is 11.1. The van der Waals surface area contributed by atoms with Crippen molar-refractivity contribution in [3.05, 3.63) is 59.9 Å². The highest BCUT2D eigenvalue weighted by molar-refractivity contribution is 6.01. The van der Waals surface area contributed by atoms with Gasteiger partial charge in [0, 0.05) is 25.0 Å². The van der Waals surface area contributed by atoms with Gasteiger partial charge in [0.15, 0.2) is 0 Å². The predicted octanol–water partition coefficient (Wildman–Crippen LogP) is 2.95. The lowest BCUT2D eigenvalue weighted by Crippen LogP contribution is -2.31. The third-order valence-corrected chi connectivity index (χ3v) is 2.96. The highest BCUT2D eigenvalue weighted by Gasteiger charge is 2.10. The van der Waals surface area contributed by atoms with Gasteiger partial charge in [-0.2, -0.15) is 0 Å². The Balaban J connectivity index is 2.05. The Morgan fingerprint density at radius 2 is 1.75 bits per heavy atom. The van der Waals surface area contributed by atoms with E-state index in [-0.39, 0.29) is 11.8 Å². The van der Waals surface area contributed by atoms with Crippen molar-refractivity contribution >= 4 is 17.4 Å². The fraction of sp³-hybridized carbons (Fsp3) is 0.133. The molecule has 3 N–H and O–H groups in total. The number of hydrogen-bond acceptors (Lipinski definition) is 2. The topological polar surface area (TPSA) is 58.4 Å². The van der Waals surface area contributed by atoms with E-state index in [0.717, 1.165) is 11.3 Å². The lowest BCUT2D eigenvalue weighted by Gasteiger charge is -2.18. The maximum Gasteiger partial charge on any atom is 0.326 e. The van der Waals surface area contributed by atoms with E-state index >= 15 is 0 Å². The van der Waals surface area contributed by atoms with Crippen LogP contribution in [0, 0.1) is 5.82 Å². The third kappa shape index (κ3) is 3.33. The summed E-state index contributed by atoms with van der Waals surface area (Å²) in [6.45, 7) is 0.464. The molecule has 2 aromatic carbocycles. The van der Waals surface area contributed by atoms with E-state index in [1.54, 1.807) is 7.05 Å². The second-order valence-electron chi connectivity index (χ2n) is 4.37. The number of benzene rings is 2. The third-order valence-electron chi connectivity index (χ3n) is 2.96. The van der Waals surface area contributed by atoms with E-state index in [2.05, 4.69) is 5.32 Å². The van der Waals surface area contributed by atoms with Gasteiger partial charge in [0.2, 0.25) is 0 Å². The second-order valence-corrected chi connectivity index (χ2v) is 4.37. The summed E-state index contributed by atoms with van der Waals surface area (Å²) < 4.78 is 12.8. The molecule has 0 saturated heterocycles. The minimum absolute atomic E-state index is 0.294. The van der Waals surface area contributed by atoms with Gasteiger partial charge in [-0.15, -0.1) is 0 Å². The summed E-state index contributed by atoms with van der Waals surface area (Å²) in [5, 5.41) is 2.69. The van der Waals surface area contributed by atoms with E-state index in [4.69, 9.17) is 5.73 Å². The molecule has 0 saturated carbocycles. The molecule has 2 amide bonds. The largest absolute Gasteiger partial charge is 0.326 e. The Kier molecular flexibility index (Phi) is 4.32. The molecule has 0 atom stereocenters. The number of rotatable bonds is 3. The normalized spacial score (nSPS) is 10.2. The van der Waals surface area contributed by atoms with E-state index < -0.39 is 0 Å². The summed E-state index contributed by atoms with van der Waals surface area (Å²) in [5.74, 6) is -0.339. The smallest absolute Gasteiger partial charge is 0.326 e. The van der Waals surface area contributed by atoms with Crippen molar-refractivity contribution in [2.45, 2.75) is 6.54 Å². The number of nitrogens with zero attached hydrogens (tertiary/aromatic N) is 1. The number of nitrogens with two attached hydrogens (primary N) is 1. The molecule has 0 aliphatic carbocycles. The fourth-order valence-corrected chi connectivity index (χ4v) is 1.71. The summed E-state index contributed by atoms with van der Waals surface area (Å²) in [6.07, 6.45) is 0. The fourth-order valence-electron chi connectivity index (χ4n) is 1.71. The molecular formula is C15H16FN3O. The highest BCUT2D eigenvalue weighted by Crippen LogP contribution is 2.16. The van der Waals surface area contributed by atoms with Gasteiger partial charge in [0.25, 0.3) is 0 Å². The van der Waals surface area contributed by atoms with Crippen LogP contribution in [0.2, 0.25) is 0 Å². The molecule has 0 spiro atoms. The molecular weight excluding hydrogens is 257 g/mol. The molecule has 20 heavy (non-hydrogen) atoms. The number of carbonyl (C=O) groups excluding carboxylic acids is 1. The van der Waals surface area contributed by atoms with Crippen LogP contribution in [0.25, 0.3) is 0 Å². The minimum Gasteiger partial charge on any atom is -0.326 e. The maximum atomic E-state index is 12.8. The summed E-state index contributed by atoms with van der Waals surface area (Å²) in [5.41, 5.74) is 7.82. The number of urea groups is 1. The molecule has 0 unspecified atom stereocenters. The Hall–Kier alpha value is -2.40. The first-order chi connectivity index (χ1) is 9.60. The van der Waals surface area contributed by atoms with Gasteiger partial charge in [-0.1, -0.05) is 12.1 Å². The number of amides is 2. The van der Waals surface area contributed by atoms with Crippen molar-refractivity contribution in [2.24, 2.45) is 5.73 Å². The van der Waals surface area contributed by atoms with Gasteiger partial charge in [0.1, 0.15) is 5.82 Å². The zero-order chi connectivity index (χ0) is 14.5. The SMILES string of the molecule is CN(C(=O)Nc1ccc(F)cc1)c1ccc(CN)cc1. The minimum atomic E-state index is -0.339. The molecule has 0 aliphatic heterocycles. The van der Waals surface area contributed by atoms with E-state index in [1.807, 2.05) is 24.3 Å². The summed E-state index contributed by atoms with van der Waals surface area (Å²) in [6, 6.07) is 12.7. The van der Waals surface area contributed by atoms with Crippen LogP contribution >= 0.6 is 0 Å². The first kappa shape index (κ1) is 14.0. The molecule has 0 fully saturated rings. The summed E-state index contributed by atoms with van der Waals surface area (Å²) in [4.78, 5) is 13.5. The van der Waals surface area contributed by atoms with Crippen LogP contribution in [0.1, 0.15) is 5.56 Å². The Morgan fingerprint density at radius 3 is 2.30 bits per heavy atom. The van der Waals surface area contributed by atoms with Gasteiger partial charge in [0.05, 0.1) is 0 Å². The number of hydrogen-bond donors (Lipinski definition) is 2. The average Bonchev–Trinajstić information content (AvgIpc) is 2.49. The zero-order valence-corrected chi connectivity index (χ0v) is 11.1. The van der Waals surface area contributed by atoms with Gasteiger partial charge < -0.3 is 11.1 Å². The molecule has 2 rings (SSSR count). The van der Waals surface area contributed by atoms with Crippen LogP contribution in [-0.2, 0) is 6.54 Å². The van der Waals surface area contributed by atoms with Crippen molar-refractivity contribution in [2.75, 3.05) is 17.3 Å². The van der Waals surface area contributed by atoms with Gasteiger partial charge >= 0.3 is 6.03 Å². The van der Waals surface area contributed by atoms with Crippen LogP contribution in [0.4, 0.5) is 20.6 Å². The molecule has 0 heterocycles. The Labute approximate surface area is 117 Å². The quantitative estimate of drug-likeness (QED) is 0.903. The summed E-state index contributed by atoms with van der Waals surface area (Å²) in [7, 11) is 1.66. The molecule has 0 bridgehead atoms. The molecule has 0 aromatic heterocycles. The van der Waals surface area contributed by atoms with Crippen molar-refractivity contribution in [3.63, 3.8) is 0 Å². The van der Waals surface area contributed by atoms with E-state index in [0.29, 0.717) is 12.2 Å². The molecule has 2 aromatic rings. The Bertz CT molecular complexity index is 581. The number of anilines is 2. The number of nitrogens with one attached hydrogen (secondary N) is 1. The van der Waals surface area contributed by atoms with Crippen molar-refractivity contribution in [1.29, 1.82) is 0 Å². The van der Waals surface area contributed by atoms with Crippen LogP contribution in [0.5, 0.6) is 0 Å². The predicted molar refractivity (Wildman–Crippen MR) is 78.2 cm³/mol. The lowest BCUT2D eigenvalue weighted by molar-refractivity contribution is 0.258. The van der Waals surface area contributed by atoms with Gasteiger partial charge in [-0.25, -0.2) is 9.18 Å². The average molecular weight is 273 g/mol.